The molecular formula is C11H23NO. The molecule has 1 saturated heterocycles. The third kappa shape index (κ3) is 4.30. The van der Waals surface area contributed by atoms with Crippen molar-refractivity contribution in [3.63, 3.8) is 0 Å². The van der Waals surface area contributed by atoms with Crippen molar-refractivity contribution in [1.82, 2.24) is 4.90 Å². The van der Waals surface area contributed by atoms with Crippen molar-refractivity contribution in [3.8, 4) is 0 Å². The van der Waals surface area contributed by atoms with Crippen molar-refractivity contribution in [2.75, 3.05) is 13.1 Å². The van der Waals surface area contributed by atoms with Gasteiger partial charge >= 0.3 is 0 Å². The first-order valence-electron chi connectivity index (χ1n) is 5.49. The summed E-state index contributed by atoms with van der Waals surface area (Å²) in [4.78, 5) is 13.0. The average molecular weight is 185 g/mol. The second-order valence-corrected chi connectivity index (χ2v) is 3.38. The zero-order valence-corrected chi connectivity index (χ0v) is 9.47. The van der Waals surface area contributed by atoms with Gasteiger partial charge in [-0.25, -0.2) is 0 Å². The van der Waals surface area contributed by atoms with Gasteiger partial charge in [0.2, 0.25) is 5.91 Å². The molecule has 1 atom stereocenters. The number of likely N-dealkylation sites (tertiary alicyclic amines) is 1. The summed E-state index contributed by atoms with van der Waals surface area (Å²) < 4.78 is 0. The Labute approximate surface area is 82.3 Å². The molecule has 0 N–H and O–H groups in total. The van der Waals surface area contributed by atoms with Crippen molar-refractivity contribution in [1.29, 1.82) is 0 Å². The number of hydrogen-bond donors (Lipinski definition) is 0. The highest BCUT2D eigenvalue weighted by Crippen LogP contribution is 2.18. The van der Waals surface area contributed by atoms with E-state index in [0.717, 1.165) is 19.0 Å². The number of amides is 1. The second-order valence-electron chi connectivity index (χ2n) is 3.38. The minimum Gasteiger partial charge on any atom is -0.343 e. The zero-order valence-electron chi connectivity index (χ0n) is 9.47. The summed E-state index contributed by atoms with van der Waals surface area (Å²) in [7, 11) is 0. The lowest BCUT2D eigenvalue weighted by Crippen LogP contribution is -2.38. The van der Waals surface area contributed by atoms with Gasteiger partial charge in [-0.3, -0.25) is 4.79 Å². The van der Waals surface area contributed by atoms with Crippen LogP contribution in [-0.2, 0) is 4.79 Å². The summed E-state index contributed by atoms with van der Waals surface area (Å²) in [5, 5.41) is 0. The van der Waals surface area contributed by atoms with Crippen LogP contribution in [0, 0.1) is 5.92 Å². The van der Waals surface area contributed by atoms with Gasteiger partial charge in [0.05, 0.1) is 0 Å². The summed E-state index contributed by atoms with van der Waals surface area (Å²) in [6.07, 6.45) is 3.71. The first kappa shape index (κ1) is 12.5. The molecule has 0 saturated carbocycles. The summed E-state index contributed by atoms with van der Waals surface area (Å²) in [5.74, 6) is 0.996. The molecule has 1 amide bonds. The fourth-order valence-corrected chi connectivity index (χ4v) is 1.68. The smallest absolute Gasteiger partial charge is 0.219 e. The van der Waals surface area contributed by atoms with Crippen molar-refractivity contribution in [3.05, 3.63) is 0 Å². The fourth-order valence-electron chi connectivity index (χ4n) is 1.68. The normalized spacial score (nSPS) is 21.8. The molecule has 0 aromatic carbocycles. The van der Waals surface area contributed by atoms with Crippen molar-refractivity contribution in [2.45, 2.75) is 47.0 Å². The highest BCUT2D eigenvalue weighted by Gasteiger charge is 2.19. The Kier molecular flexibility index (Phi) is 6.65. The lowest BCUT2D eigenvalue weighted by Gasteiger charge is -2.31. The topological polar surface area (TPSA) is 20.3 Å². The van der Waals surface area contributed by atoms with Gasteiger partial charge < -0.3 is 4.90 Å². The summed E-state index contributed by atoms with van der Waals surface area (Å²) in [6, 6.07) is 0. The molecule has 0 radical (unpaired) electrons. The van der Waals surface area contributed by atoms with Crippen LogP contribution in [0.2, 0.25) is 0 Å². The summed E-state index contributed by atoms with van der Waals surface area (Å²) in [5.41, 5.74) is 0. The Hall–Kier alpha value is -0.530. The molecule has 2 nitrogen and oxygen atoms in total. The van der Waals surface area contributed by atoms with Crippen LogP contribution in [0.25, 0.3) is 0 Å². The van der Waals surface area contributed by atoms with E-state index >= 15 is 0 Å². The minimum atomic E-state index is 0.239. The largest absolute Gasteiger partial charge is 0.343 e. The van der Waals surface area contributed by atoms with Crippen molar-refractivity contribution in [2.24, 2.45) is 5.92 Å². The van der Waals surface area contributed by atoms with Crippen LogP contribution in [0.3, 0.4) is 0 Å². The highest BCUT2D eigenvalue weighted by atomic mass is 16.2. The predicted molar refractivity (Wildman–Crippen MR) is 56.6 cm³/mol. The van der Waals surface area contributed by atoms with Crippen molar-refractivity contribution < 1.29 is 4.79 Å². The van der Waals surface area contributed by atoms with Crippen molar-refractivity contribution >= 4 is 5.91 Å². The predicted octanol–water partition coefficient (Wildman–Crippen LogP) is 2.68. The van der Waals surface area contributed by atoms with E-state index in [-0.39, 0.29) is 5.91 Å². The maximum atomic E-state index is 11.0. The first-order chi connectivity index (χ1) is 6.24. The molecule has 1 fully saturated rings. The molecule has 1 unspecified atom stereocenters. The maximum Gasteiger partial charge on any atom is 0.219 e. The Morgan fingerprint density at radius 2 is 2.08 bits per heavy atom. The van der Waals surface area contributed by atoms with Gasteiger partial charge in [-0.2, -0.15) is 0 Å². The summed E-state index contributed by atoms with van der Waals surface area (Å²) >= 11 is 0. The van der Waals surface area contributed by atoms with E-state index in [9.17, 15) is 4.79 Å². The summed E-state index contributed by atoms with van der Waals surface area (Å²) in [6.45, 7) is 9.84. The van der Waals surface area contributed by atoms with Gasteiger partial charge in [-0.1, -0.05) is 27.2 Å². The van der Waals surface area contributed by atoms with Crippen LogP contribution >= 0.6 is 0 Å². The molecule has 13 heavy (non-hydrogen) atoms. The Morgan fingerprint density at radius 3 is 2.54 bits per heavy atom. The third-order valence-corrected chi connectivity index (χ3v) is 2.54. The quantitative estimate of drug-likeness (QED) is 0.615. The average Bonchev–Trinajstić information content (AvgIpc) is 2.21. The van der Waals surface area contributed by atoms with Gasteiger partial charge in [-0.05, 0) is 18.8 Å². The van der Waals surface area contributed by atoms with Gasteiger partial charge in [-0.15, -0.1) is 0 Å². The first-order valence-corrected chi connectivity index (χ1v) is 5.49. The van der Waals surface area contributed by atoms with E-state index in [2.05, 4.69) is 6.92 Å². The van der Waals surface area contributed by atoms with E-state index < -0.39 is 0 Å². The van der Waals surface area contributed by atoms with Gasteiger partial charge in [0.15, 0.2) is 0 Å². The molecule has 78 valence electrons. The molecule has 1 rings (SSSR count). The second kappa shape index (κ2) is 6.93. The third-order valence-electron chi connectivity index (χ3n) is 2.54. The minimum absolute atomic E-state index is 0.239. The number of nitrogens with zero attached hydrogens (tertiary/aromatic N) is 1. The van der Waals surface area contributed by atoms with Crippen LogP contribution in [-0.4, -0.2) is 23.9 Å². The SMILES string of the molecule is CC.CCC1CCCN(C(C)=O)C1. The van der Waals surface area contributed by atoms with E-state index in [1.807, 2.05) is 18.7 Å². The fraction of sp³-hybridized carbons (Fsp3) is 0.909. The molecule has 0 aliphatic carbocycles. The monoisotopic (exact) mass is 185 g/mol. The molecule has 0 aromatic rings. The van der Waals surface area contributed by atoms with E-state index in [1.54, 1.807) is 6.92 Å². The van der Waals surface area contributed by atoms with Gasteiger partial charge in [0, 0.05) is 20.0 Å². The molecule has 0 spiro atoms. The maximum absolute atomic E-state index is 11.0. The van der Waals surface area contributed by atoms with Crippen LogP contribution in [0.1, 0.15) is 47.0 Å². The van der Waals surface area contributed by atoms with Crippen LogP contribution in [0.15, 0.2) is 0 Å². The lowest BCUT2D eigenvalue weighted by molar-refractivity contribution is -0.130. The van der Waals surface area contributed by atoms with Crippen LogP contribution in [0.5, 0.6) is 0 Å². The van der Waals surface area contributed by atoms with E-state index in [4.69, 9.17) is 0 Å². The number of hydrogen-bond acceptors (Lipinski definition) is 1. The Balaban J connectivity index is 0.000000671. The zero-order chi connectivity index (χ0) is 10.3. The molecule has 2 heteroatoms. The number of rotatable bonds is 1. The molecule has 1 heterocycles. The van der Waals surface area contributed by atoms with E-state index in [0.29, 0.717) is 0 Å². The molecular weight excluding hydrogens is 162 g/mol. The lowest BCUT2D eigenvalue weighted by atomic mass is 9.96. The van der Waals surface area contributed by atoms with Gasteiger partial charge in [0.1, 0.15) is 0 Å². The molecule has 1 aliphatic rings. The standard InChI is InChI=1S/C9H17NO.C2H6/c1-3-9-5-4-6-10(7-9)8(2)11;1-2/h9H,3-7H2,1-2H3;1-2H3. The highest BCUT2D eigenvalue weighted by molar-refractivity contribution is 5.73. The van der Waals surface area contributed by atoms with Crippen LogP contribution < -0.4 is 0 Å². The van der Waals surface area contributed by atoms with Crippen LogP contribution in [0.4, 0.5) is 0 Å². The molecule has 1 aliphatic heterocycles. The number of piperidine rings is 1. The number of carbonyl (C=O) groups excluding carboxylic acids is 1. The molecule has 0 aromatic heterocycles. The Bertz CT molecular complexity index is 145. The molecule has 0 bridgehead atoms. The number of carbonyl (C=O) groups is 1. The Morgan fingerprint density at radius 1 is 1.46 bits per heavy atom. The van der Waals surface area contributed by atoms with Gasteiger partial charge in [0.25, 0.3) is 0 Å². The van der Waals surface area contributed by atoms with E-state index in [1.165, 1.54) is 19.3 Å².